The fourth-order valence-corrected chi connectivity index (χ4v) is 6.66. The Kier molecular flexibility index (Phi) is 5.37. The number of benzene rings is 2. The first-order valence-corrected chi connectivity index (χ1v) is 11.3. The van der Waals surface area contributed by atoms with Crippen LogP contribution in [0.3, 0.4) is 0 Å². The molecule has 1 saturated carbocycles. The lowest BCUT2D eigenvalue weighted by Crippen LogP contribution is -2.65. The molecule has 2 heterocycles. The maximum atomic E-state index is 11.5. The minimum atomic E-state index is -0.670. The number of hydrogen-bond acceptors (Lipinski definition) is 9. The molecule has 2 N–H and O–H groups in total. The summed E-state index contributed by atoms with van der Waals surface area (Å²) in [6, 6.07) is 7.49. The summed E-state index contributed by atoms with van der Waals surface area (Å²) in [6.07, 6.45) is 2.96. The highest BCUT2D eigenvalue weighted by atomic mass is 35.5. The minimum absolute atomic E-state index is 0. The number of nitro benzene ring substituents is 2. The Morgan fingerprint density at radius 3 is 2.77 bits per heavy atom. The van der Waals surface area contributed by atoms with Crippen molar-refractivity contribution in [3.63, 3.8) is 0 Å². The molecule has 2 bridgehead atoms. The predicted octanol–water partition coefficient (Wildman–Crippen LogP) is 3.77. The normalized spacial score (nSPS) is 29.1. The van der Waals surface area contributed by atoms with Gasteiger partial charge in [0.2, 0.25) is 0 Å². The summed E-state index contributed by atoms with van der Waals surface area (Å²) >= 11 is 0. The van der Waals surface area contributed by atoms with E-state index in [-0.39, 0.29) is 41.1 Å². The van der Waals surface area contributed by atoms with Crippen molar-refractivity contribution in [3.05, 3.63) is 61.7 Å². The van der Waals surface area contributed by atoms with Gasteiger partial charge in [-0.15, -0.1) is 12.4 Å². The van der Waals surface area contributed by atoms with E-state index in [1.54, 1.807) is 6.07 Å². The highest BCUT2D eigenvalue weighted by molar-refractivity contribution is 5.94. The van der Waals surface area contributed by atoms with E-state index in [1.165, 1.54) is 17.7 Å². The largest absolute Gasteiger partial charge is 0.504 e. The molecule has 0 unspecified atom stereocenters. The zero-order chi connectivity index (χ0) is 23.8. The number of anilines is 1. The molecule has 2 fully saturated rings. The second kappa shape index (κ2) is 8.06. The number of phenols is 1. The van der Waals surface area contributed by atoms with Gasteiger partial charge in [0, 0.05) is 23.1 Å². The summed E-state index contributed by atoms with van der Waals surface area (Å²) < 4.78 is 6.41. The van der Waals surface area contributed by atoms with E-state index in [1.807, 2.05) is 6.07 Å². The van der Waals surface area contributed by atoms with E-state index in [4.69, 9.17) is 4.74 Å². The molecule has 184 valence electrons. The third-order valence-electron chi connectivity index (χ3n) is 8.11. The average molecular weight is 502 g/mol. The molecule has 4 aliphatic rings. The van der Waals surface area contributed by atoms with Crippen LogP contribution in [0.15, 0.2) is 35.4 Å². The van der Waals surface area contributed by atoms with Gasteiger partial charge in [-0.25, -0.2) is 0 Å². The van der Waals surface area contributed by atoms with Crippen molar-refractivity contribution >= 4 is 35.2 Å². The molecule has 35 heavy (non-hydrogen) atoms. The monoisotopic (exact) mass is 501 g/mol. The van der Waals surface area contributed by atoms with Crippen LogP contribution in [0.2, 0.25) is 0 Å². The van der Waals surface area contributed by atoms with Crippen LogP contribution in [-0.4, -0.2) is 51.3 Å². The quantitative estimate of drug-likeness (QED) is 0.476. The highest BCUT2D eigenvalue weighted by Crippen LogP contribution is 2.63. The molecule has 0 aromatic heterocycles. The Labute approximate surface area is 206 Å². The van der Waals surface area contributed by atoms with Gasteiger partial charge in [-0.05, 0) is 62.9 Å². The Hall–Kier alpha value is -3.44. The number of nitrogens with one attached hydrogen (secondary N) is 1. The number of ether oxygens (including phenoxy) is 1. The van der Waals surface area contributed by atoms with Crippen molar-refractivity contribution in [2.24, 2.45) is 11.0 Å². The first-order chi connectivity index (χ1) is 16.3. The second-order valence-corrected chi connectivity index (χ2v) is 9.56. The van der Waals surface area contributed by atoms with E-state index in [9.17, 15) is 25.3 Å². The van der Waals surface area contributed by atoms with Crippen LogP contribution in [-0.2, 0) is 11.8 Å². The number of halogens is 1. The number of hydrogen-bond donors (Lipinski definition) is 2. The van der Waals surface area contributed by atoms with Crippen molar-refractivity contribution in [1.82, 2.24) is 4.90 Å². The Morgan fingerprint density at radius 1 is 1.23 bits per heavy atom. The number of phenolic OH excluding ortho intramolecular Hbond substituents is 1. The van der Waals surface area contributed by atoms with Crippen molar-refractivity contribution in [2.45, 2.75) is 43.2 Å². The molecule has 4 atom stereocenters. The number of likely N-dealkylation sites (tertiary alicyclic amines) is 1. The van der Waals surface area contributed by atoms with Gasteiger partial charge in [0.05, 0.1) is 21.6 Å². The van der Waals surface area contributed by atoms with Gasteiger partial charge in [-0.1, -0.05) is 6.07 Å². The fraction of sp³-hybridized carbons (Fsp3) is 0.435. The molecule has 1 saturated heterocycles. The summed E-state index contributed by atoms with van der Waals surface area (Å²) in [5.41, 5.74) is 4.81. The van der Waals surface area contributed by atoms with E-state index in [0.29, 0.717) is 24.1 Å². The van der Waals surface area contributed by atoms with Crippen molar-refractivity contribution in [2.75, 3.05) is 19.0 Å². The topological polar surface area (TPSA) is 143 Å². The van der Waals surface area contributed by atoms with Crippen molar-refractivity contribution < 1.29 is 19.7 Å². The van der Waals surface area contributed by atoms with Crippen molar-refractivity contribution in [1.29, 1.82) is 0 Å². The van der Waals surface area contributed by atoms with Crippen LogP contribution in [0.5, 0.6) is 11.5 Å². The van der Waals surface area contributed by atoms with Crippen LogP contribution in [0.1, 0.15) is 30.4 Å². The summed E-state index contributed by atoms with van der Waals surface area (Å²) in [7, 11) is 2.16. The maximum Gasteiger partial charge on any atom is 0.301 e. The van der Waals surface area contributed by atoms with Gasteiger partial charge >= 0.3 is 5.69 Å². The molecule has 2 aliphatic heterocycles. The number of non-ortho nitro benzene ring substituents is 1. The number of rotatable bonds is 4. The maximum absolute atomic E-state index is 11.5. The number of nitro groups is 2. The highest BCUT2D eigenvalue weighted by Gasteiger charge is 2.64. The van der Waals surface area contributed by atoms with E-state index in [2.05, 4.69) is 22.5 Å². The lowest BCUT2D eigenvalue weighted by atomic mass is 9.51. The van der Waals surface area contributed by atoms with Crippen LogP contribution < -0.4 is 10.2 Å². The molecule has 0 radical (unpaired) electrons. The number of hydrazone groups is 1. The Morgan fingerprint density at radius 2 is 2.03 bits per heavy atom. The molecule has 6 rings (SSSR count). The number of nitrogens with zero attached hydrogens (tertiary/aromatic N) is 4. The van der Waals surface area contributed by atoms with Gasteiger partial charge in [0.15, 0.2) is 11.5 Å². The summed E-state index contributed by atoms with van der Waals surface area (Å²) in [6.45, 7) is 0.907. The van der Waals surface area contributed by atoms with Crippen molar-refractivity contribution in [3.8, 4) is 11.5 Å². The van der Waals surface area contributed by atoms with Gasteiger partial charge in [-0.2, -0.15) is 5.10 Å². The third kappa shape index (κ3) is 3.18. The molecule has 1 spiro atoms. The molecule has 11 nitrogen and oxygen atoms in total. The molecule has 0 amide bonds. The Bertz CT molecular complexity index is 1290. The first kappa shape index (κ1) is 23.3. The second-order valence-electron chi connectivity index (χ2n) is 9.56. The molecule has 2 aromatic rings. The van der Waals surface area contributed by atoms with Gasteiger partial charge in [0.25, 0.3) is 5.69 Å². The summed E-state index contributed by atoms with van der Waals surface area (Å²) in [5.74, 6) is 1.02. The zero-order valence-electron chi connectivity index (χ0n) is 18.8. The molecular formula is C23H24ClN5O6. The first-order valence-electron chi connectivity index (χ1n) is 11.3. The van der Waals surface area contributed by atoms with Crippen LogP contribution in [0.25, 0.3) is 0 Å². The van der Waals surface area contributed by atoms with E-state index >= 15 is 0 Å². The fourth-order valence-electron chi connectivity index (χ4n) is 6.66. The zero-order valence-corrected chi connectivity index (χ0v) is 19.7. The minimum Gasteiger partial charge on any atom is -0.504 e. The summed E-state index contributed by atoms with van der Waals surface area (Å²) in [5, 5.41) is 37.7. The number of aromatic hydroxyl groups is 1. The smallest absolute Gasteiger partial charge is 0.301 e. The lowest BCUT2D eigenvalue weighted by Gasteiger charge is -2.57. The van der Waals surface area contributed by atoms with Gasteiger partial charge in [0.1, 0.15) is 11.8 Å². The van der Waals surface area contributed by atoms with Crippen LogP contribution in [0, 0.1) is 26.1 Å². The van der Waals surface area contributed by atoms with Crippen LogP contribution in [0.4, 0.5) is 17.1 Å². The van der Waals surface area contributed by atoms with E-state index in [0.717, 1.165) is 43.1 Å². The SMILES string of the molecule is CN1CC[C@]23c4c5ccc(O)c4O[C@H]2C(=NNc2ccc([N+](=O)[O-])cc2[N+](=O)[O-])CC[C@H]3[C@H]1C5.Cl. The predicted molar refractivity (Wildman–Crippen MR) is 130 cm³/mol. The molecule has 12 heteroatoms. The standard InChI is InChI=1S/C23H23N5O6.ClH/c1-26-9-8-23-14-4-6-16(25-24-15-5-3-13(27(30)31)11-18(15)28(32)33)22(23)34-21-19(29)7-2-12(20(21)23)10-17(14)26;/h2-3,5,7,11,14,17,22,24,29H,4,6,8-10H2,1H3;1H/t14-,17+,22-,23-;/m0./s1. The molecular weight excluding hydrogens is 478 g/mol. The van der Waals surface area contributed by atoms with Crippen LogP contribution >= 0.6 is 12.4 Å². The third-order valence-corrected chi connectivity index (χ3v) is 8.11. The molecule has 2 aliphatic carbocycles. The summed E-state index contributed by atoms with van der Waals surface area (Å²) in [4.78, 5) is 23.6. The molecule has 2 aromatic carbocycles. The van der Waals surface area contributed by atoms with Gasteiger partial charge < -0.3 is 14.7 Å². The van der Waals surface area contributed by atoms with E-state index < -0.39 is 15.5 Å². The van der Waals surface area contributed by atoms with Gasteiger partial charge in [-0.3, -0.25) is 25.7 Å². The lowest BCUT2D eigenvalue weighted by molar-refractivity contribution is -0.393. The number of likely N-dealkylation sites (N-methyl/N-ethyl adjacent to an activating group) is 1. The average Bonchev–Trinajstić information content (AvgIpc) is 3.17. The Balaban J connectivity index is 0.00000253. The number of piperidine rings is 1.